The Morgan fingerprint density at radius 1 is 1.25 bits per heavy atom. The van der Waals surface area contributed by atoms with Crippen LogP contribution in [0.25, 0.3) is 0 Å². The van der Waals surface area contributed by atoms with Crippen molar-refractivity contribution in [3.05, 3.63) is 34.9 Å². The van der Waals surface area contributed by atoms with E-state index in [9.17, 15) is 4.79 Å². The highest BCUT2D eigenvalue weighted by molar-refractivity contribution is 7.98. The summed E-state index contributed by atoms with van der Waals surface area (Å²) in [7, 11) is 0. The number of aromatic nitrogens is 3. The number of thioether (sulfide) groups is 1. The van der Waals surface area contributed by atoms with Gasteiger partial charge in [0.15, 0.2) is 5.16 Å². The Morgan fingerprint density at radius 2 is 1.96 bits per heavy atom. The van der Waals surface area contributed by atoms with E-state index in [-0.39, 0.29) is 6.03 Å². The number of carbonyl (C=O) groups excluding carboxylic acids is 1. The van der Waals surface area contributed by atoms with Gasteiger partial charge in [-0.15, -0.1) is 10.2 Å². The first-order valence-electron chi connectivity index (χ1n) is 7.95. The van der Waals surface area contributed by atoms with E-state index in [1.165, 1.54) is 0 Å². The summed E-state index contributed by atoms with van der Waals surface area (Å²) >= 11 is 7.73. The summed E-state index contributed by atoms with van der Waals surface area (Å²) < 4.78 is 1.89. The molecule has 0 spiro atoms. The minimum absolute atomic E-state index is 0.162. The molecule has 1 aromatic carbocycles. The number of hydrogen-bond donors (Lipinski definition) is 1. The maximum absolute atomic E-state index is 12.2. The topological polar surface area (TPSA) is 63.1 Å². The molecule has 0 saturated heterocycles. The van der Waals surface area contributed by atoms with Gasteiger partial charge in [-0.2, -0.15) is 0 Å². The van der Waals surface area contributed by atoms with Gasteiger partial charge >= 0.3 is 6.03 Å². The van der Waals surface area contributed by atoms with Crippen LogP contribution in [0.3, 0.4) is 0 Å². The van der Waals surface area contributed by atoms with Crippen LogP contribution in [0.15, 0.2) is 29.4 Å². The van der Waals surface area contributed by atoms with Crippen molar-refractivity contribution in [1.82, 2.24) is 19.7 Å². The fourth-order valence-electron chi connectivity index (χ4n) is 2.22. The maximum atomic E-state index is 12.2. The highest BCUT2D eigenvalue weighted by Gasteiger charge is 2.16. The van der Waals surface area contributed by atoms with Gasteiger partial charge in [0.25, 0.3) is 0 Å². The highest BCUT2D eigenvalue weighted by atomic mass is 35.5. The molecule has 2 amide bonds. The molecule has 0 radical (unpaired) electrons. The number of nitrogens with zero attached hydrogens (tertiary/aromatic N) is 4. The second-order valence-electron chi connectivity index (χ2n) is 5.03. The Hall–Kier alpha value is -1.73. The van der Waals surface area contributed by atoms with Crippen LogP contribution in [0.4, 0.5) is 10.7 Å². The zero-order valence-electron chi connectivity index (χ0n) is 14.1. The molecule has 1 heterocycles. The first kappa shape index (κ1) is 18.6. The van der Waals surface area contributed by atoms with Gasteiger partial charge in [0, 0.05) is 30.4 Å². The first-order chi connectivity index (χ1) is 11.6. The molecule has 130 valence electrons. The monoisotopic (exact) mass is 367 g/mol. The largest absolute Gasteiger partial charge is 0.325 e. The number of carbonyl (C=O) groups is 1. The number of nitrogens with one attached hydrogen (secondary N) is 1. The minimum atomic E-state index is -0.162. The Kier molecular flexibility index (Phi) is 6.93. The molecule has 1 aromatic heterocycles. The zero-order valence-corrected chi connectivity index (χ0v) is 15.7. The van der Waals surface area contributed by atoms with E-state index in [0.717, 1.165) is 15.7 Å². The third kappa shape index (κ3) is 4.42. The summed E-state index contributed by atoms with van der Waals surface area (Å²) in [6, 6.07) is 7.57. The molecule has 0 aliphatic heterocycles. The van der Waals surface area contributed by atoms with Crippen molar-refractivity contribution in [1.29, 1.82) is 0 Å². The standard InChI is InChI=1S/C16H22ClN5OS/c1-4-21(5-2)15(23)18-14-19-20-16(22(14)6-3)24-11-12-9-7-8-10-13(12)17/h7-10H,4-6,11H2,1-3H3,(H,18,19,23). The van der Waals surface area contributed by atoms with Gasteiger partial charge < -0.3 is 4.90 Å². The predicted octanol–water partition coefficient (Wildman–Crippen LogP) is 4.12. The number of halogens is 1. The molecule has 2 rings (SSSR count). The van der Waals surface area contributed by atoms with Crippen LogP contribution >= 0.6 is 23.4 Å². The van der Waals surface area contributed by atoms with Crippen molar-refractivity contribution in [3.8, 4) is 0 Å². The summed E-state index contributed by atoms with van der Waals surface area (Å²) in [6.07, 6.45) is 0. The molecule has 0 saturated carbocycles. The lowest BCUT2D eigenvalue weighted by Gasteiger charge is -2.19. The van der Waals surface area contributed by atoms with Crippen molar-refractivity contribution in [2.24, 2.45) is 0 Å². The Morgan fingerprint density at radius 3 is 2.58 bits per heavy atom. The number of anilines is 1. The number of benzene rings is 1. The van der Waals surface area contributed by atoms with Gasteiger partial charge in [0.2, 0.25) is 5.95 Å². The lowest BCUT2D eigenvalue weighted by Crippen LogP contribution is -2.35. The molecule has 0 unspecified atom stereocenters. The average Bonchev–Trinajstić information content (AvgIpc) is 2.96. The molecule has 2 aromatic rings. The summed E-state index contributed by atoms with van der Waals surface area (Å²) in [5.74, 6) is 1.16. The van der Waals surface area contributed by atoms with Crippen LogP contribution in [0.1, 0.15) is 26.3 Å². The molecular weight excluding hydrogens is 346 g/mol. The molecule has 0 bridgehead atoms. The van der Waals surface area contributed by atoms with Crippen LogP contribution in [-0.2, 0) is 12.3 Å². The summed E-state index contributed by atoms with van der Waals surface area (Å²) in [5.41, 5.74) is 1.04. The van der Waals surface area contributed by atoms with Crippen LogP contribution < -0.4 is 5.32 Å². The smallest absolute Gasteiger partial charge is 0.324 e. The van der Waals surface area contributed by atoms with Crippen LogP contribution in [0.5, 0.6) is 0 Å². The highest BCUT2D eigenvalue weighted by Crippen LogP contribution is 2.27. The Labute approximate surface area is 151 Å². The average molecular weight is 368 g/mol. The number of amides is 2. The van der Waals surface area contributed by atoms with Gasteiger partial charge in [-0.05, 0) is 32.4 Å². The molecule has 8 heteroatoms. The van der Waals surface area contributed by atoms with Crippen molar-refractivity contribution in [3.63, 3.8) is 0 Å². The SMILES string of the molecule is CCN(CC)C(=O)Nc1nnc(SCc2ccccc2Cl)n1CC. The van der Waals surface area contributed by atoms with Crippen molar-refractivity contribution < 1.29 is 4.79 Å². The fraction of sp³-hybridized carbons (Fsp3) is 0.438. The van der Waals surface area contributed by atoms with Crippen LogP contribution in [-0.4, -0.2) is 38.8 Å². The van der Waals surface area contributed by atoms with E-state index in [1.54, 1.807) is 16.7 Å². The van der Waals surface area contributed by atoms with E-state index in [4.69, 9.17) is 11.6 Å². The van der Waals surface area contributed by atoms with Crippen molar-refractivity contribution >= 4 is 35.3 Å². The number of rotatable bonds is 7. The van der Waals surface area contributed by atoms with Crippen LogP contribution in [0, 0.1) is 0 Å². The molecule has 24 heavy (non-hydrogen) atoms. The number of hydrogen-bond acceptors (Lipinski definition) is 4. The molecule has 6 nitrogen and oxygen atoms in total. The third-order valence-electron chi connectivity index (χ3n) is 3.62. The maximum Gasteiger partial charge on any atom is 0.324 e. The second-order valence-corrected chi connectivity index (χ2v) is 6.38. The van der Waals surface area contributed by atoms with E-state index >= 15 is 0 Å². The van der Waals surface area contributed by atoms with Gasteiger partial charge in [-0.3, -0.25) is 9.88 Å². The van der Waals surface area contributed by atoms with Gasteiger partial charge in [-0.1, -0.05) is 41.6 Å². The molecular formula is C16H22ClN5OS. The van der Waals surface area contributed by atoms with Crippen molar-refractivity contribution in [2.75, 3.05) is 18.4 Å². The Bertz CT molecular complexity index is 687. The lowest BCUT2D eigenvalue weighted by molar-refractivity contribution is 0.217. The Balaban J connectivity index is 2.09. The van der Waals surface area contributed by atoms with E-state index in [0.29, 0.717) is 31.3 Å². The van der Waals surface area contributed by atoms with Gasteiger partial charge in [0.05, 0.1) is 0 Å². The predicted molar refractivity (Wildman–Crippen MR) is 98.6 cm³/mol. The first-order valence-corrected chi connectivity index (χ1v) is 9.32. The van der Waals surface area contributed by atoms with E-state index in [2.05, 4.69) is 15.5 Å². The second kappa shape index (κ2) is 8.94. The summed E-state index contributed by atoms with van der Waals surface area (Å²) in [5, 5.41) is 12.6. The van der Waals surface area contributed by atoms with E-state index in [1.807, 2.05) is 49.6 Å². The number of urea groups is 1. The molecule has 0 fully saturated rings. The van der Waals surface area contributed by atoms with E-state index < -0.39 is 0 Å². The quantitative estimate of drug-likeness (QED) is 0.748. The molecule has 0 atom stereocenters. The normalized spacial score (nSPS) is 10.7. The van der Waals surface area contributed by atoms with Crippen LogP contribution in [0.2, 0.25) is 5.02 Å². The molecule has 0 aliphatic carbocycles. The summed E-state index contributed by atoms with van der Waals surface area (Å²) in [4.78, 5) is 13.9. The lowest BCUT2D eigenvalue weighted by atomic mass is 10.2. The van der Waals surface area contributed by atoms with Crippen molar-refractivity contribution in [2.45, 2.75) is 38.2 Å². The molecule has 0 aliphatic rings. The molecule has 1 N–H and O–H groups in total. The van der Waals surface area contributed by atoms with Gasteiger partial charge in [0.1, 0.15) is 0 Å². The fourth-order valence-corrected chi connectivity index (χ4v) is 3.50. The zero-order chi connectivity index (χ0) is 17.5. The van der Waals surface area contributed by atoms with Gasteiger partial charge in [-0.25, -0.2) is 4.79 Å². The minimum Gasteiger partial charge on any atom is -0.325 e. The third-order valence-corrected chi connectivity index (χ3v) is 5.00. The summed E-state index contributed by atoms with van der Waals surface area (Å²) in [6.45, 7) is 7.85.